The number of halogens is 1. The van der Waals surface area contributed by atoms with Crippen LogP contribution in [0.4, 0.5) is 0 Å². The van der Waals surface area contributed by atoms with E-state index in [0.29, 0.717) is 5.88 Å². The normalized spacial score (nSPS) is 41.7. The zero-order valence-electron chi connectivity index (χ0n) is 6.04. The minimum atomic E-state index is -0.319. The van der Waals surface area contributed by atoms with Crippen LogP contribution in [0.15, 0.2) is 0 Å². The molecule has 0 amide bonds. The lowest BCUT2D eigenvalue weighted by molar-refractivity contribution is -0.366. The van der Waals surface area contributed by atoms with Crippen molar-refractivity contribution in [2.75, 3.05) is 5.88 Å². The molecule has 2 unspecified atom stereocenters. The van der Waals surface area contributed by atoms with E-state index in [4.69, 9.17) is 25.8 Å². The molecular weight excluding hydrogens is 156 g/mol. The Labute approximate surface area is 65.2 Å². The van der Waals surface area contributed by atoms with Gasteiger partial charge in [-0.15, -0.1) is 11.6 Å². The summed E-state index contributed by atoms with van der Waals surface area (Å²) >= 11 is 5.51. The van der Waals surface area contributed by atoms with Crippen LogP contribution in [0.3, 0.4) is 0 Å². The standard InChI is InChI=1S/C6H11ClO3/c1-4-8-5(2)10-6(3-7)9-4/h4-6H,3H2,1-2H3. The summed E-state index contributed by atoms with van der Waals surface area (Å²) < 4.78 is 15.4. The topological polar surface area (TPSA) is 27.7 Å². The van der Waals surface area contributed by atoms with Crippen molar-refractivity contribution in [2.24, 2.45) is 0 Å². The molecule has 0 aliphatic carbocycles. The summed E-state index contributed by atoms with van der Waals surface area (Å²) in [5, 5.41) is 0. The lowest BCUT2D eigenvalue weighted by atomic mass is 10.6. The van der Waals surface area contributed by atoms with Crippen LogP contribution in [0.1, 0.15) is 13.8 Å². The quantitative estimate of drug-likeness (QED) is 0.550. The van der Waals surface area contributed by atoms with E-state index < -0.39 is 0 Å². The third kappa shape index (κ3) is 2.09. The molecular formula is C6H11ClO3. The first kappa shape index (κ1) is 8.27. The van der Waals surface area contributed by atoms with Crippen LogP contribution in [-0.2, 0) is 14.2 Å². The smallest absolute Gasteiger partial charge is 0.177 e. The molecule has 1 aliphatic rings. The van der Waals surface area contributed by atoms with Crippen LogP contribution < -0.4 is 0 Å². The maximum Gasteiger partial charge on any atom is 0.177 e. The van der Waals surface area contributed by atoms with Crippen LogP contribution in [0.2, 0.25) is 0 Å². The Morgan fingerprint density at radius 1 is 1.10 bits per heavy atom. The van der Waals surface area contributed by atoms with E-state index in [1.807, 2.05) is 13.8 Å². The van der Waals surface area contributed by atoms with Crippen LogP contribution in [-0.4, -0.2) is 24.8 Å². The summed E-state index contributed by atoms with van der Waals surface area (Å²) in [6.45, 7) is 3.64. The van der Waals surface area contributed by atoms with Gasteiger partial charge in [-0.05, 0) is 13.8 Å². The largest absolute Gasteiger partial charge is 0.324 e. The summed E-state index contributed by atoms with van der Waals surface area (Å²) in [5.41, 5.74) is 0. The monoisotopic (exact) mass is 166 g/mol. The average Bonchev–Trinajstić information content (AvgIpc) is 1.85. The van der Waals surface area contributed by atoms with Crippen LogP contribution >= 0.6 is 11.6 Å². The molecule has 60 valence electrons. The highest BCUT2D eigenvalue weighted by molar-refractivity contribution is 6.18. The molecule has 0 bridgehead atoms. The third-order valence-corrected chi connectivity index (χ3v) is 1.45. The second-order valence-electron chi connectivity index (χ2n) is 2.13. The first-order chi connectivity index (χ1) is 4.72. The SMILES string of the molecule is CC1OC(C)OC(CCl)O1. The van der Waals surface area contributed by atoms with E-state index >= 15 is 0 Å². The van der Waals surface area contributed by atoms with Crippen LogP contribution in [0, 0.1) is 0 Å². The van der Waals surface area contributed by atoms with Gasteiger partial charge in [-0.3, -0.25) is 0 Å². The van der Waals surface area contributed by atoms with E-state index in [2.05, 4.69) is 0 Å². The van der Waals surface area contributed by atoms with Crippen molar-refractivity contribution in [3.05, 3.63) is 0 Å². The van der Waals surface area contributed by atoms with E-state index in [-0.39, 0.29) is 18.9 Å². The van der Waals surface area contributed by atoms with Gasteiger partial charge in [0.05, 0.1) is 5.88 Å². The molecule has 0 spiro atoms. The Kier molecular flexibility index (Phi) is 2.92. The summed E-state index contributed by atoms with van der Waals surface area (Å²) in [6, 6.07) is 0. The molecule has 1 fully saturated rings. The highest BCUT2D eigenvalue weighted by Gasteiger charge is 2.23. The first-order valence-electron chi connectivity index (χ1n) is 3.24. The molecule has 2 atom stereocenters. The first-order valence-corrected chi connectivity index (χ1v) is 3.78. The Hall–Kier alpha value is 0.170. The van der Waals surface area contributed by atoms with Gasteiger partial charge >= 0.3 is 0 Å². The zero-order chi connectivity index (χ0) is 7.56. The van der Waals surface area contributed by atoms with E-state index in [1.54, 1.807) is 0 Å². The fraction of sp³-hybridized carbons (Fsp3) is 1.00. The Morgan fingerprint density at radius 3 is 2.00 bits per heavy atom. The molecule has 0 saturated carbocycles. The lowest BCUT2D eigenvalue weighted by Gasteiger charge is -2.31. The minimum absolute atomic E-state index is 0.215. The second-order valence-corrected chi connectivity index (χ2v) is 2.44. The van der Waals surface area contributed by atoms with Gasteiger partial charge in [0, 0.05) is 0 Å². The summed E-state index contributed by atoms with van der Waals surface area (Å²) in [4.78, 5) is 0. The molecule has 1 aliphatic heterocycles. The molecule has 1 saturated heterocycles. The Morgan fingerprint density at radius 2 is 1.60 bits per heavy atom. The molecule has 10 heavy (non-hydrogen) atoms. The van der Waals surface area contributed by atoms with Crippen molar-refractivity contribution in [1.29, 1.82) is 0 Å². The molecule has 4 heteroatoms. The van der Waals surface area contributed by atoms with Gasteiger partial charge in [-0.25, -0.2) is 0 Å². The molecule has 1 rings (SSSR count). The van der Waals surface area contributed by atoms with Gasteiger partial charge in [0.15, 0.2) is 18.9 Å². The predicted octanol–water partition coefficient (Wildman–Crippen LogP) is 1.31. The van der Waals surface area contributed by atoms with Gasteiger partial charge in [0.2, 0.25) is 0 Å². The van der Waals surface area contributed by atoms with E-state index in [0.717, 1.165) is 0 Å². The number of ether oxygens (including phenoxy) is 3. The minimum Gasteiger partial charge on any atom is -0.324 e. The fourth-order valence-electron chi connectivity index (χ4n) is 0.866. The summed E-state index contributed by atoms with van der Waals surface area (Å²) in [7, 11) is 0. The molecule has 0 N–H and O–H groups in total. The van der Waals surface area contributed by atoms with E-state index in [1.165, 1.54) is 0 Å². The fourth-order valence-corrected chi connectivity index (χ4v) is 1.01. The van der Waals surface area contributed by atoms with Gasteiger partial charge in [-0.1, -0.05) is 0 Å². The molecule has 1 heterocycles. The van der Waals surface area contributed by atoms with Gasteiger partial charge in [0.1, 0.15) is 0 Å². The third-order valence-electron chi connectivity index (χ3n) is 1.20. The number of hydrogen-bond donors (Lipinski definition) is 0. The molecule has 0 radical (unpaired) electrons. The number of hydrogen-bond acceptors (Lipinski definition) is 3. The summed E-state index contributed by atoms with van der Waals surface area (Å²) in [6.07, 6.45) is -0.750. The Balaban J connectivity index is 2.35. The predicted molar refractivity (Wildman–Crippen MR) is 36.7 cm³/mol. The second kappa shape index (κ2) is 3.53. The van der Waals surface area contributed by atoms with Crippen molar-refractivity contribution in [2.45, 2.75) is 32.7 Å². The van der Waals surface area contributed by atoms with Crippen molar-refractivity contribution in [3.8, 4) is 0 Å². The van der Waals surface area contributed by atoms with Crippen molar-refractivity contribution in [1.82, 2.24) is 0 Å². The highest BCUT2D eigenvalue weighted by atomic mass is 35.5. The number of rotatable bonds is 1. The van der Waals surface area contributed by atoms with Crippen molar-refractivity contribution in [3.63, 3.8) is 0 Å². The van der Waals surface area contributed by atoms with E-state index in [9.17, 15) is 0 Å². The maximum absolute atomic E-state index is 5.51. The zero-order valence-corrected chi connectivity index (χ0v) is 6.80. The highest BCUT2D eigenvalue weighted by Crippen LogP contribution is 2.15. The van der Waals surface area contributed by atoms with Crippen molar-refractivity contribution >= 4 is 11.6 Å². The molecule has 3 nitrogen and oxygen atoms in total. The number of alkyl halides is 1. The molecule has 0 aromatic carbocycles. The van der Waals surface area contributed by atoms with Crippen molar-refractivity contribution < 1.29 is 14.2 Å². The van der Waals surface area contributed by atoms with Gasteiger partial charge in [-0.2, -0.15) is 0 Å². The molecule has 0 aromatic heterocycles. The summed E-state index contributed by atoms with van der Waals surface area (Å²) in [5.74, 6) is 0.345. The Bertz CT molecular complexity index is 99.2. The average molecular weight is 167 g/mol. The lowest BCUT2D eigenvalue weighted by Crippen LogP contribution is -2.38. The van der Waals surface area contributed by atoms with Gasteiger partial charge in [0.25, 0.3) is 0 Å². The molecule has 0 aromatic rings. The maximum atomic E-state index is 5.51. The van der Waals surface area contributed by atoms with Gasteiger partial charge < -0.3 is 14.2 Å². The van der Waals surface area contributed by atoms with Crippen LogP contribution in [0.25, 0.3) is 0 Å². The van der Waals surface area contributed by atoms with Crippen LogP contribution in [0.5, 0.6) is 0 Å².